The van der Waals surface area contributed by atoms with E-state index in [1.165, 1.54) is 11.1 Å². The summed E-state index contributed by atoms with van der Waals surface area (Å²) in [6, 6.07) is 10.5. The smallest absolute Gasteiger partial charge is 0.243 e. The summed E-state index contributed by atoms with van der Waals surface area (Å²) < 4.78 is 1.93. The molecule has 0 bridgehead atoms. The van der Waals surface area contributed by atoms with Gasteiger partial charge in [-0.15, -0.1) is 0 Å². The average molecular weight is 287 g/mol. The van der Waals surface area contributed by atoms with Crippen LogP contribution >= 0.6 is 0 Å². The van der Waals surface area contributed by atoms with Crippen LogP contribution in [0.2, 0.25) is 0 Å². The Morgan fingerprint density at radius 3 is 2.71 bits per heavy atom. The van der Waals surface area contributed by atoms with Gasteiger partial charge in [0.1, 0.15) is 0 Å². The fourth-order valence-electron chi connectivity index (χ4n) is 2.15. The van der Waals surface area contributed by atoms with Crippen LogP contribution in [0.5, 0.6) is 0 Å². The molecule has 1 heterocycles. The lowest BCUT2D eigenvalue weighted by Gasteiger charge is -2.02. The Hall–Kier alpha value is -2.14. The highest BCUT2D eigenvalue weighted by Gasteiger charge is 2.02. The van der Waals surface area contributed by atoms with Gasteiger partial charge in [0.2, 0.25) is 5.91 Å². The van der Waals surface area contributed by atoms with Gasteiger partial charge in [-0.1, -0.05) is 29.8 Å². The normalized spacial score (nSPS) is 10.6. The van der Waals surface area contributed by atoms with E-state index in [1.54, 1.807) is 5.48 Å². The van der Waals surface area contributed by atoms with Crippen LogP contribution in [-0.2, 0) is 17.8 Å². The maximum absolute atomic E-state index is 10.9. The number of aromatic nitrogens is 2. The zero-order valence-electron chi connectivity index (χ0n) is 12.2. The topological polar surface area (TPSA) is 67.2 Å². The largest absolute Gasteiger partial charge is 0.289 e. The fourth-order valence-corrected chi connectivity index (χ4v) is 2.15. The van der Waals surface area contributed by atoms with Crippen LogP contribution in [-0.4, -0.2) is 20.9 Å². The Balaban J connectivity index is 1.78. The van der Waals surface area contributed by atoms with E-state index < -0.39 is 0 Å². The van der Waals surface area contributed by atoms with Gasteiger partial charge in [-0.05, 0) is 37.8 Å². The van der Waals surface area contributed by atoms with Gasteiger partial charge >= 0.3 is 0 Å². The number of carbonyl (C=O) groups is 1. The Labute approximate surface area is 124 Å². The number of unbranched alkanes of at least 4 members (excludes halogenated alkanes) is 1. The minimum atomic E-state index is -0.333. The number of benzene rings is 1. The summed E-state index contributed by atoms with van der Waals surface area (Å²) in [4.78, 5) is 10.9. The molecule has 1 aromatic heterocycles. The minimum absolute atomic E-state index is 0.333. The van der Waals surface area contributed by atoms with Gasteiger partial charge < -0.3 is 0 Å². The number of hydroxylamine groups is 1. The number of nitrogens with one attached hydrogen (secondary N) is 1. The molecule has 0 spiro atoms. The first kappa shape index (κ1) is 15.3. The molecule has 5 heteroatoms. The summed E-state index contributed by atoms with van der Waals surface area (Å²) in [7, 11) is 0. The van der Waals surface area contributed by atoms with Crippen molar-refractivity contribution in [2.24, 2.45) is 0 Å². The van der Waals surface area contributed by atoms with Crippen LogP contribution < -0.4 is 5.48 Å². The van der Waals surface area contributed by atoms with Crippen molar-refractivity contribution < 1.29 is 10.0 Å². The van der Waals surface area contributed by atoms with Gasteiger partial charge in [0.25, 0.3) is 0 Å². The second-order valence-corrected chi connectivity index (χ2v) is 5.23. The van der Waals surface area contributed by atoms with E-state index in [2.05, 4.69) is 36.3 Å². The van der Waals surface area contributed by atoms with Crippen LogP contribution in [0.15, 0.2) is 36.5 Å². The fraction of sp³-hybridized carbons (Fsp3) is 0.375. The van der Waals surface area contributed by atoms with E-state index in [-0.39, 0.29) is 5.91 Å². The first-order chi connectivity index (χ1) is 10.2. The number of carbonyl (C=O) groups excluding carboxylic acids is 1. The molecule has 1 amide bonds. The number of amides is 1. The van der Waals surface area contributed by atoms with Crippen molar-refractivity contribution in [1.29, 1.82) is 0 Å². The Bertz CT molecular complexity index is 575. The van der Waals surface area contributed by atoms with Crippen molar-refractivity contribution in [2.75, 3.05) is 0 Å². The molecule has 0 radical (unpaired) electrons. The van der Waals surface area contributed by atoms with Crippen LogP contribution in [0.4, 0.5) is 0 Å². The van der Waals surface area contributed by atoms with Crippen molar-refractivity contribution in [3.8, 4) is 0 Å². The van der Waals surface area contributed by atoms with Crippen LogP contribution in [0.3, 0.4) is 0 Å². The standard InChI is InChI=1S/C16H21N3O2/c1-13-6-8-14(9-7-13)12-19-11-10-15(17-19)4-2-3-5-16(20)18-21/h6-11,21H,2-5,12H2,1H3,(H,18,20). The predicted molar refractivity (Wildman–Crippen MR) is 80.0 cm³/mol. The van der Waals surface area contributed by atoms with Gasteiger partial charge in [0.15, 0.2) is 0 Å². The van der Waals surface area contributed by atoms with Gasteiger partial charge in [0.05, 0.1) is 12.2 Å². The molecule has 112 valence electrons. The maximum atomic E-state index is 10.9. The molecule has 0 aliphatic carbocycles. The quantitative estimate of drug-likeness (QED) is 0.467. The minimum Gasteiger partial charge on any atom is -0.289 e. The summed E-state index contributed by atoms with van der Waals surface area (Å²) in [5.74, 6) is -0.333. The molecule has 5 nitrogen and oxygen atoms in total. The first-order valence-electron chi connectivity index (χ1n) is 7.18. The van der Waals surface area contributed by atoms with E-state index >= 15 is 0 Å². The van der Waals surface area contributed by atoms with Crippen molar-refractivity contribution in [1.82, 2.24) is 15.3 Å². The second-order valence-electron chi connectivity index (χ2n) is 5.23. The predicted octanol–water partition coefficient (Wildman–Crippen LogP) is 2.46. The summed E-state index contributed by atoms with van der Waals surface area (Å²) in [6.07, 6.45) is 4.81. The molecule has 1 aromatic carbocycles. The summed E-state index contributed by atoms with van der Waals surface area (Å²) >= 11 is 0. The monoisotopic (exact) mass is 287 g/mol. The molecule has 2 N–H and O–H groups in total. The molecule has 0 atom stereocenters. The van der Waals surface area contributed by atoms with Gasteiger partial charge in [-0.25, -0.2) is 5.48 Å². The number of hydrogen-bond donors (Lipinski definition) is 2. The van der Waals surface area contributed by atoms with Crippen molar-refractivity contribution in [3.05, 3.63) is 53.3 Å². The number of nitrogens with zero attached hydrogens (tertiary/aromatic N) is 2. The second kappa shape index (κ2) is 7.59. The molecule has 0 aliphatic heterocycles. The molecule has 0 aliphatic rings. The molecular weight excluding hydrogens is 266 g/mol. The molecule has 0 fully saturated rings. The lowest BCUT2D eigenvalue weighted by atomic mass is 10.1. The lowest BCUT2D eigenvalue weighted by molar-refractivity contribution is -0.129. The molecule has 2 rings (SSSR count). The third-order valence-electron chi connectivity index (χ3n) is 3.37. The zero-order chi connectivity index (χ0) is 15.1. The van der Waals surface area contributed by atoms with E-state index in [0.717, 1.165) is 31.5 Å². The van der Waals surface area contributed by atoms with Crippen LogP contribution in [0, 0.1) is 6.92 Å². The van der Waals surface area contributed by atoms with E-state index in [9.17, 15) is 4.79 Å². The maximum Gasteiger partial charge on any atom is 0.243 e. The average Bonchev–Trinajstić information content (AvgIpc) is 2.93. The molecular formula is C16H21N3O2. The Kier molecular flexibility index (Phi) is 5.51. The molecule has 0 saturated heterocycles. The Morgan fingerprint density at radius 2 is 2.00 bits per heavy atom. The van der Waals surface area contributed by atoms with E-state index in [4.69, 9.17) is 5.21 Å². The number of aryl methyl sites for hydroxylation is 2. The molecule has 2 aromatic rings. The van der Waals surface area contributed by atoms with Crippen molar-refractivity contribution in [2.45, 2.75) is 39.2 Å². The summed E-state index contributed by atoms with van der Waals surface area (Å²) in [6.45, 7) is 2.85. The molecule has 0 saturated carbocycles. The molecule has 21 heavy (non-hydrogen) atoms. The highest BCUT2D eigenvalue weighted by Crippen LogP contribution is 2.08. The molecule has 0 unspecified atom stereocenters. The summed E-state index contributed by atoms with van der Waals surface area (Å²) in [5.41, 5.74) is 5.16. The van der Waals surface area contributed by atoms with Gasteiger partial charge in [0, 0.05) is 12.6 Å². The SMILES string of the molecule is Cc1ccc(Cn2ccc(CCCCC(=O)NO)n2)cc1. The number of rotatable bonds is 7. The lowest BCUT2D eigenvalue weighted by Crippen LogP contribution is -2.17. The van der Waals surface area contributed by atoms with Crippen molar-refractivity contribution in [3.63, 3.8) is 0 Å². The van der Waals surface area contributed by atoms with E-state index in [1.807, 2.05) is 16.9 Å². The Morgan fingerprint density at radius 1 is 1.24 bits per heavy atom. The zero-order valence-corrected chi connectivity index (χ0v) is 12.2. The van der Waals surface area contributed by atoms with Gasteiger partial charge in [-0.2, -0.15) is 5.10 Å². The van der Waals surface area contributed by atoms with Crippen LogP contribution in [0.25, 0.3) is 0 Å². The number of hydrogen-bond acceptors (Lipinski definition) is 3. The van der Waals surface area contributed by atoms with Crippen molar-refractivity contribution >= 4 is 5.91 Å². The third kappa shape index (κ3) is 5.04. The highest BCUT2D eigenvalue weighted by molar-refractivity contribution is 5.74. The first-order valence-corrected chi connectivity index (χ1v) is 7.18. The highest BCUT2D eigenvalue weighted by atomic mass is 16.5. The van der Waals surface area contributed by atoms with Crippen LogP contribution in [0.1, 0.15) is 36.1 Å². The third-order valence-corrected chi connectivity index (χ3v) is 3.37. The summed E-state index contributed by atoms with van der Waals surface area (Å²) in [5, 5.41) is 12.9. The van der Waals surface area contributed by atoms with Gasteiger partial charge in [-0.3, -0.25) is 14.7 Å². The van der Waals surface area contributed by atoms with E-state index in [0.29, 0.717) is 6.42 Å².